The quantitative estimate of drug-likeness (QED) is 0.642. The lowest BCUT2D eigenvalue weighted by atomic mass is 10.2. The van der Waals surface area contributed by atoms with E-state index in [2.05, 4.69) is 15.6 Å². The van der Waals surface area contributed by atoms with Crippen LogP contribution in [0.2, 0.25) is 5.02 Å². The van der Waals surface area contributed by atoms with E-state index in [-0.39, 0.29) is 5.91 Å². The minimum absolute atomic E-state index is 0.302. The summed E-state index contributed by atoms with van der Waals surface area (Å²) < 4.78 is 10.5. The number of nitrogens with zero attached hydrogens (tertiary/aromatic N) is 1. The Bertz CT molecular complexity index is 945. The summed E-state index contributed by atoms with van der Waals surface area (Å²) in [5, 5.41) is 6.57. The van der Waals surface area contributed by atoms with Gasteiger partial charge in [0.25, 0.3) is 5.91 Å². The van der Waals surface area contributed by atoms with Crippen molar-refractivity contribution in [1.29, 1.82) is 0 Å². The third-order valence-electron chi connectivity index (χ3n) is 3.78. The van der Waals surface area contributed by atoms with Gasteiger partial charge in [-0.3, -0.25) is 4.79 Å². The largest absolute Gasteiger partial charge is 0.497 e. The Hall–Kier alpha value is -3.25. The maximum Gasteiger partial charge on any atom is 0.257 e. The number of anilines is 3. The second-order valence-electron chi connectivity index (χ2n) is 5.59. The van der Waals surface area contributed by atoms with Crippen molar-refractivity contribution in [3.05, 3.63) is 71.4 Å². The van der Waals surface area contributed by atoms with E-state index in [1.165, 1.54) is 13.3 Å². The predicted molar refractivity (Wildman–Crippen MR) is 106 cm³/mol. The smallest absolute Gasteiger partial charge is 0.257 e. The Labute approximate surface area is 162 Å². The third-order valence-corrected chi connectivity index (χ3v) is 4.01. The Kier molecular flexibility index (Phi) is 5.78. The minimum Gasteiger partial charge on any atom is -0.497 e. The van der Waals surface area contributed by atoms with Crippen molar-refractivity contribution in [2.24, 2.45) is 0 Å². The zero-order chi connectivity index (χ0) is 19.2. The topological polar surface area (TPSA) is 72.5 Å². The molecular formula is C20H18ClN3O3. The Morgan fingerprint density at radius 1 is 1.04 bits per heavy atom. The molecule has 0 spiro atoms. The molecule has 138 valence electrons. The van der Waals surface area contributed by atoms with Crippen LogP contribution >= 0.6 is 11.6 Å². The minimum atomic E-state index is -0.302. The van der Waals surface area contributed by atoms with Crippen molar-refractivity contribution < 1.29 is 14.3 Å². The first-order valence-electron chi connectivity index (χ1n) is 8.11. The lowest BCUT2D eigenvalue weighted by molar-refractivity contribution is 0.102. The molecule has 0 atom stereocenters. The van der Waals surface area contributed by atoms with E-state index < -0.39 is 0 Å². The number of hydrogen-bond donors (Lipinski definition) is 2. The number of carbonyl (C=O) groups excluding carboxylic acids is 1. The number of carbonyl (C=O) groups is 1. The molecule has 3 aromatic rings. The Balaban J connectivity index is 1.72. The number of nitrogens with one attached hydrogen (secondary N) is 2. The van der Waals surface area contributed by atoms with E-state index in [4.69, 9.17) is 21.1 Å². The number of aromatic nitrogens is 1. The van der Waals surface area contributed by atoms with Crippen LogP contribution in [0.1, 0.15) is 10.4 Å². The van der Waals surface area contributed by atoms with Gasteiger partial charge >= 0.3 is 0 Å². The summed E-state index contributed by atoms with van der Waals surface area (Å²) in [7, 11) is 3.10. The van der Waals surface area contributed by atoms with E-state index >= 15 is 0 Å². The van der Waals surface area contributed by atoms with E-state index in [0.29, 0.717) is 33.6 Å². The van der Waals surface area contributed by atoms with Crippen LogP contribution in [-0.4, -0.2) is 25.1 Å². The van der Waals surface area contributed by atoms with E-state index in [1.54, 1.807) is 49.6 Å². The van der Waals surface area contributed by atoms with Crippen molar-refractivity contribution >= 4 is 34.7 Å². The summed E-state index contributed by atoms with van der Waals surface area (Å²) in [5.74, 6) is 1.46. The van der Waals surface area contributed by atoms with Gasteiger partial charge in [0, 0.05) is 23.0 Å². The summed E-state index contributed by atoms with van der Waals surface area (Å²) in [6.45, 7) is 0. The van der Waals surface area contributed by atoms with Crippen molar-refractivity contribution in [2.45, 2.75) is 0 Å². The molecular weight excluding hydrogens is 366 g/mol. The van der Waals surface area contributed by atoms with Crippen LogP contribution in [0.15, 0.2) is 60.8 Å². The van der Waals surface area contributed by atoms with E-state index in [1.807, 2.05) is 12.1 Å². The molecule has 2 aromatic carbocycles. The number of halogens is 1. The van der Waals surface area contributed by atoms with Gasteiger partial charge in [0.1, 0.15) is 17.3 Å². The van der Waals surface area contributed by atoms with E-state index in [9.17, 15) is 4.79 Å². The second-order valence-corrected chi connectivity index (χ2v) is 6.02. The molecule has 0 saturated heterocycles. The highest BCUT2D eigenvalue weighted by molar-refractivity contribution is 6.30. The fourth-order valence-electron chi connectivity index (χ4n) is 2.42. The van der Waals surface area contributed by atoms with Crippen LogP contribution in [-0.2, 0) is 0 Å². The molecule has 0 fully saturated rings. The summed E-state index contributed by atoms with van der Waals surface area (Å²) in [6, 6.07) is 15.9. The van der Waals surface area contributed by atoms with Gasteiger partial charge in [-0.1, -0.05) is 17.7 Å². The van der Waals surface area contributed by atoms with Gasteiger partial charge in [-0.05, 0) is 42.5 Å². The number of amides is 1. The molecule has 3 rings (SSSR count). The number of rotatable bonds is 6. The number of benzene rings is 2. The molecule has 0 radical (unpaired) electrons. The molecule has 1 amide bonds. The van der Waals surface area contributed by atoms with Crippen molar-refractivity contribution in [2.75, 3.05) is 24.9 Å². The number of methoxy groups -OCH3 is 2. The SMILES string of the molecule is COc1ccc(OC)c(NC(=O)c2ccc(Nc3cccc(Cl)c3)nc2)c1. The molecule has 2 N–H and O–H groups in total. The molecule has 0 bridgehead atoms. The average Bonchev–Trinajstić information content (AvgIpc) is 2.68. The molecule has 27 heavy (non-hydrogen) atoms. The summed E-state index contributed by atoms with van der Waals surface area (Å²) in [4.78, 5) is 16.8. The molecule has 1 aromatic heterocycles. The first-order valence-corrected chi connectivity index (χ1v) is 8.49. The monoisotopic (exact) mass is 383 g/mol. The number of pyridine rings is 1. The summed E-state index contributed by atoms with van der Waals surface area (Å²) in [5.41, 5.74) is 1.74. The van der Waals surface area contributed by atoms with E-state index in [0.717, 1.165) is 5.69 Å². The average molecular weight is 384 g/mol. The van der Waals surface area contributed by atoms with Gasteiger partial charge in [-0.25, -0.2) is 4.98 Å². The maximum atomic E-state index is 12.5. The second kappa shape index (κ2) is 8.42. The highest BCUT2D eigenvalue weighted by Gasteiger charge is 2.11. The van der Waals surface area contributed by atoms with Gasteiger partial charge in [-0.2, -0.15) is 0 Å². The summed E-state index contributed by atoms with van der Waals surface area (Å²) in [6.07, 6.45) is 1.49. The molecule has 0 aliphatic heterocycles. The van der Waals surface area contributed by atoms with Gasteiger partial charge in [0.15, 0.2) is 0 Å². The number of hydrogen-bond acceptors (Lipinski definition) is 5. The standard InChI is InChI=1S/C20H18ClN3O3/c1-26-16-7-8-18(27-2)17(11-16)24-20(25)13-6-9-19(22-12-13)23-15-5-3-4-14(21)10-15/h3-12H,1-2H3,(H,22,23)(H,24,25). The highest BCUT2D eigenvalue weighted by Crippen LogP contribution is 2.29. The fraction of sp³-hybridized carbons (Fsp3) is 0.100. The maximum absolute atomic E-state index is 12.5. The Morgan fingerprint density at radius 3 is 2.56 bits per heavy atom. The highest BCUT2D eigenvalue weighted by atomic mass is 35.5. The van der Waals surface area contributed by atoms with Gasteiger partial charge < -0.3 is 20.1 Å². The third kappa shape index (κ3) is 4.68. The molecule has 1 heterocycles. The predicted octanol–water partition coefficient (Wildman–Crippen LogP) is 4.75. The van der Waals surface area contributed by atoms with Crippen molar-refractivity contribution in [3.63, 3.8) is 0 Å². The summed E-state index contributed by atoms with van der Waals surface area (Å²) >= 11 is 5.97. The van der Waals surface area contributed by atoms with Crippen LogP contribution in [0.5, 0.6) is 11.5 Å². The van der Waals surface area contributed by atoms with Gasteiger partial charge in [0.2, 0.25) is 0 Å². The molecule has 0 aliphatic rings. The first kappa shape index (κ1) is 18.5. The van der Waals surface area contributed by atoms with Crippen LogP contribution in [0.25, 0.3) is 0 Å². The van der Waals surface area contributed by atoms with Crippen LogP contribution in [0.4, 0.5) is 17.2 Å². The normalized spacial score (nSPS) is 10.2. The fourth-order valence-corrected chi connectivity index (χ4v) is 2.61. The van der Waals surface area contributed by atoms with Crippen molar-refractivity contribution in [3.8, 4) is 11.5 Å². The van der Waals surface area contributed by atoms with Crippen LogP contribution in [0.3, 0.4) is 0 Å². The zero-order valence-electron chi connectivity index (χ0n) is 14.8. The first-order chi connectivity index (χ1) is 13.1. The Morgan fingerprint density at radius 2 is 1.89 bits per heavy atom. The molecule has 0 aliphatic carbocycles. The van der Waals surface area contributed by atoms with Gasteiger partial charge in [0.05, 0.1) is 25.5 Å². The van der Waals surface area contributed by atoms with Crippen LogP contribution in [0, 0.1) is 0 Å². The van der Waals surface area contributed by atoms with Crippen LogP contribution < -0.4 is 20.1 Å². The van der Waals surface area contributed by atoms with Crippen molar-refractivity contribution in [1.82, 2.24) is 4.98 Å². The van der Waals surface area contributed by atoms with Gasteiger partial charge in [-0.15, -0.1) is 0 Å². The molecule has 0 unspecified atom stereocenters. The molecule has 6 nitrogen and oxygen atoms in total. The lowest BCUT2D eigenvalue weighted by Gasteiger charge is -2.12. The molecule has 7 heteroatoms. The lowest BCUT2D eigenvalue weighted by Crippen LogP contribution is -2.13. The number of ether oxygens (including phenoxy) is 2. The molecule has 0 saturated carbocycles. The zero-order valence-corrected chi connectivity index (χ0v) is 15.6.